The van der Waals surface area contributed by atoms with E-state index in [1.807, 2.05) is 4.90 Å². The average Bonchev–Trinajstić information content (AvgIpc) is 3.52. The highest BCUT2D eigenvalue weighted by atomic mass is 19.3. The van der Waals surface area contributed by atoms with Crippen LogP contribution in [-0.4, -0.2) is 75.8 Å². The van der Waals surface area contributed by atoms with Crippen LogP contribution < -0.4 is 20.9 Å². The first-order chi connectivity index (χ1) is 18.4. The molecule has 0 bridgehead atoms. The van der Waals surface area contributed by atoms with Crippen LogP contribution in [0, 0.1) is 0 Å². The lowest BCUT2D eigenvalue weighted by molar-refractivity contribution is -0.126. The van der Waals surface area contributed by atoms with Gasteiger partial charge in [0.25, 0.3) is 6.43 Å². The van der Waals surface area contributed by atoms with E-state index in [2.05, 4.69) is 25.9 Å². The number of nitrogens with zero attached hydrogens (tertiary/aromatic N) is 5. The third-order valence-electron chi connectivity index (χ3n) is 7.15. The van der Waals surface area contributed by atoms with Crippen molar-refractivity contribution in [3.8, 4) is 5.82 Å². The highest BCUT2D eigenvalue weighted by molar-refractivity contribution is 5.91. The minimum atomic E-state index is -2.79. The van der Waals surface area contributed by atoms with Crippen molar-refractivity contribution in [2.45, 2.75) is 50.2 Å². The van der Waals surface area contributed by atoms with Gasteiger partial charge in [-0.05, 0) is 31.4 Å². The lowest BCUT2D eigenvalue weighted by Gasteiger charge is -2.37. The number of ether oxygens (including phenoxy) is 1. The maximum atomic E-state index is 14.0. The lowest BCUT2D eigenvalue weighted by atomic mass is 9.86. The van der Waals surface area contributed by atoms with E-state index >= 15 is 0 Å². The number of para-hydroxylation sites is 2. The monoisotopic (exact) mass is 526 g/mol. The van der Waals surface area contributed by atoms with E-state index in [1.165, 1.54) is 4.57 Å². The molecule has 1 aliphatic carbocycles. The molecule has 3 aliphatic rings. The number of hydrogen-bond acceptors (Lipinski definition) is 8. The van der Waals surface area contributed by atoms with E-state index < -0.39 is 12.5 Å². The van der Waals surface area contributed by atoms with Crippen molar-refractivity contribution in [3.63, 3.8) is 0 Å². The highest BCUT2D eigenvalue weighted by Crippen LogP contribution is 2.30. The first-order valence-electron chi connectivity index (χ1n) is 12.8. The molecule has 1 atom stereocenters. The quantitative estimate of drug-likeness (QED) is 0.427. The van der Waals surface area contributed by atoms with Crippen molar-refractivity contribution in [1.82, 2.24) is 30.2 Å². The molecule has 6 rings (SSSR count). The van der Waals surface area contributed by atoms with Crippen LogP contribution in [0.25, 0.3) is 16.9 Å². The van der Waals surface area contributed by atoms with Gasteiger partial charge in [0.1, 0.15) is 17.7 Å². The summed E-state index contributed by atoms with van der Waals surface area (Å²) in [6.45, 7) is 2.23. The number of benzene rings is 1. The van der Waals surface area contributed by atoms with Crippen molar-refractivity contribution < 1.29 is 23.1 Å². The summed E-state index contributed by atoms with van der Waals surface area (Å²) in [7, 11) is 0. The Morgan fingerprint density at radius 3 is 2.63 bits per heavy atom. The summed E-state index contributed by atoms with van der Waals surface area (Å²) in [4.78, 5) is 39.3. The molecule has 2 aliphatic heterocycles. The first kappa shape index (κ1) is 24.5. The van der Waals surface area contributed by atoms with Crippen molar-refractivity contribution in [2.24, 2.45) is 0 Å². The van der Waals surface area contributed by atoms with Gasteiger partial charge < -0.3 is 25.6 Å². The summed E-state index contributed by atoms with van der Waals surface area (Å²) in [5, 5.41) is 9.06. The van der Waals surface area contributed by atoms with Gasteiger partial charge in [0.15, 0.2) is 5.82 Å². The number of carbonyl (C=O) groups excluding carboxylic acids is 2. The minimum Gasteiger partial charge on any atom is -0.378 e. The minimum absolute atomic E-state index is 0.0134. The molecule has 4 heterocycles. The molecule has 3 fully saturated rings. The van der Waals surface area contributed by atoms with E-state index in [0.29, 0.717) is 80.6 Å². The molecular formula is C25H28F2N8O3. The second-order valence-electron chi connectivity index (χ2n) is 9.78. The van der Waals surface area contributed by atoms with Gasteiger partial charge in [-0.15, -0.1) is 0 Å². The van der Waals surface area contributed by atoms with Gasteiger partial charge in [0, 0.05) is 37.7 Å². The Kier molecular flexibility index (Phi) is 6.52. The van der Waals surface area contributed by atoms with Crippen LogP contribution in [0.1, 0.15) is 37.9 Å². The smallest absolute Gasteiger partial charge is 0.296 e. The molecule has 11 nitrogen and oxygen atoms in total. The van der Waals surface area contributed by atoms with Crippen LogP contribution in [0.2, 0.25) is 0 Å². The largest absolute Gasteiger partial charge is 0.378 e. The predicted octanol–water partition coefficient (Wildman–Crippen LogP) is 1.93. The number of halogens is 2. The van der Waals surface area contributed by atoms with Gasteiger partial charge in [-0.3, -0.25) is 14.2 Å². The summed E-state index contributed by atoms with van der Waals surface area (Å²) < 4.78 is 34.9. The number of alkyl halides is 2. The van der Waals surface area contributed by atoms with Gasteiger partial charge in [-0.1, -0.05) is 12.1 Å². The molecule has 3 N–H and O–H groups in total. The number of fused-ring (bicyclic) bond motifs is 1. The number of hydrogen-bond donors (Lipinski definition) is 3. The molecule has 2 saturated heterocycles. The fourth-order valence-corrected chi connectivity index (χ4v) is 5.12. The standard InChI is InChI=1S/C25H28F2N8O3/c26-22(27)23-31-16-3-1-2-4-18(16)35(23)20-13-19(32-25(33-20)34-7-9-38-10-8-34)28-14-11-15(12-14)29-24(37)17-5-6-21(36)30-17/h1-4,13-15,17,22H,5-12H2,(H,29,37)(H,30,36)(H,28,32,33)/t14?,15?,17-/m0/s1. The normalized spacial score (nSPS) is 23.4. The maximum absolute atomic E-state index is 14.0. The van der Waals surface area contributed by atoms with Crippen LogP contribution in [-0.2, 0) is 14.3 Å². The van der Waals surface area contributed by atoms with Crippen molar-refractivity contribution in [2.75, 3.05) is 36.5 Å². The second kappa shape index (κ2) is 10.1. The number of carbonyl (C=O) groups is 2. The van der Waals surface area contributed by atoms with Crippen LogP contribution >= 0.6 is 0 Å². The zero-order valence-electron chi connectivity index (χ0n) is 20.6. The topological polar surface area (TPSA) is 126 Å². The summed E-state index contributed by atoms with van der Waals surface area (Å²) >= 11 is 0. The number of morpholine rings is 1. The third kappa shape index (κ3) is 4.85. The predicted molar refractivity (Wildman–Crippen MR) is 134 cm³/mol. The average molecular weight is 527 g/mol. The Bertz CT molecular complexity index is 1350. The van der Waals surface area contributed by atoms with Crippen molar-refractivity contribution in [3.05, 3.63) is 36.2 Å². The highest BCUT2D eigenvalue weighted by Gasteiger charge is 2.34. The van der Waals surface area contributed by atoms with Crippen molar-refractivity contribution >= 4 is 34.6 Å². The number of rotatable bonds is 7. The molecule has 0 unspecified atom stereocenters. The molecule has 1 saturated carbocycles. The Balaban J connectivity index is 1.24. The van der Waals surface area contributed by atoms with E-state index in [1.54, 1.807) is 30.3 Å². The maximum Gasteiger partial charge on any atom is 0.296 e. The number of imidazole rings is 1. The molecular weight excluding hydrogens is 498 g/mol. The molecule has 2 aromatic heterocycles. The first-order valence-corrected chi connectivity index (χ1v) is 12.8. The van der Waals surface area contributed by atoms with Gasteiger partial charge in [0.2, 0.25) is 17.8 Å². The molecule has 13 heteroatoms. The van der Waals surface area contributed by atoms with Crippen LogP contribution in [0.3, 0.4) is 0 Å². The molecule has 1 aromatic carbocycles. The number of aromatic nitrogens is 4. The van der Waals surface area contributed by atoms with E-state index in [9.17, 15) is 18.4 Å². The van der Waals surface area contributed by atoms with Gasteiger partial charge in [0.05, 0.1) is 24.2 Å². The number of nitrogens with one attached hydrogen (secondary N) is 3. The molecule has 0 radical (unpaired) electrons. The lowest BCUT2D eigenvalue weighted by Crippen LogP contribution is -2.53. The third-order valence-corrected chi connectivity index (χ3v) is 7.15. The van der Waals surface area contributed by atoms with Gasteiger partial charge >= 0.3 is 0 Å². The fraction of sp³-hybridized carbons (Fsp3) is 0.480. The van der Waals surface area contributed by atoms with Crippen LogP contribution in [0.4, 0.5) is 20.5 Å². The van der Waals surface area contributed by atoms with E-state index in [-0.39, 0.29) is 29.7 Å². The SMILES string of the molecule is O=C1CC[C@@H](C(=O)NC2CC(Nc3cc(-n4c(C(F)F)nc5ccccc54)nc(N4CCOCC4)n3)C2)N1. The molecule has 38 heavy (non-hydrogen) atoms. The molecule has 3 aromatic rings. The molecule has 2 amide bonds. The van der Waals surface area contributed by atoms with Crippen LogP contribution in [0.15, 0.2) is 30.3 Å². The Hall–Kier alpha value is -3.87. The zero-order chi connectivity index (χ0) is 26.2. The summed E-state index contributed by atoms with van der Waals surface area (Å²) in [6.07, 6.45) is -0.560. The Labute approximate surface area is 217 Å². The van der Waals surface area contributed by atoms with Crippen molar-refractivity contribution in [1.29, 1.82) is 0 Å². The summed E-state index contributed by atoms with van der Waals surface area (Å²) in [5.41, 5.74) is 0.991. The summed E-state index contributed by atoms with van der Waals surface area (Å²) in [6, 6.07) is 8.18. The Morgan fingerprint density at radius 1 is 1.11 bits per heavy atom. The van der Waals surface area contributed by atoms with E-state index in [4.69, 9.17) is 9.72 Å². The van der Waals surface area contributed by atoms with E-state index in [0.717, 1.165) is 0 Å². The molecule has 0 spiro atoms. The number of amides is 2. The van der Waals surface area contributed by atoms with Gasteiger partial charge in [-0.2, -0.15) is 9.97 Å². The fourth-order valence-electron chi connectivity index (χ4n) is 5.12. The number of anilines is 2. The zero-order valence-corrected chi connectivity index (χ0v) is 20.6. The molecule has 200 valence electrons. The van der Waals surface area contributed by atoms with Crippen LogP contribution in [0.5, 0.6) is 0 Å². The second-order valence-corrected chi connectivity index (χ2v) is 9.78. The van der Waals surface area contributed by atoms with Gasteiger partial charge in [-0.25, -0.2) is 13.8 Å². The summed E-state index contributed by atoms with van der Waals surface area (Å²) in [5.74, 6) is 0.586. The Morgan fingerprint density at radius 2 is 1.89 bits per heavy atom.